The molecule has 0 radical (unpaired) electrons. The van der Waals surface area contributed by atoms with Gasteiger partial charge < -0.3 is 10.0 Å². The Balaban J connectivity index is 1.74. The number of carbonyl (C=O) groups excluding carboxylic acids is 2. The molecule has 1 aliphatic heterocycles. The molecule has 1 aromatic heterocycles. The van der Waals surface area contributed by atoms with E-state index in [1.165, 1.54) is 32.1 Å². The number of rotatable bonds is 5. The van der Waals surface area contributed by atoms with Crippen LogP contribution in [0.1, 0.15) is 62.4 Å². The predicted molar refractivity (Wildman–Crippen MR) is 136 cm³/mol. The molecule has 11 heteroatoms. The quantitative estimate of drug-likeness (QED) is 0.424. The summed E-state index contributed by atoms with van der Waals surface area (Å²) in [5.41, 5.74) is 0.134. The normalized spacial score (nSPS) is 14.6. The van der Waals surface area contributed by atoms with Crippen molar-refractivity contribution in [2.75, 3.05) is 13.1 Å². The Kier molecular flexibility index (Phi) is 7.38. The van der Waals surface area contributed by atoms with Gasteiger partial charge in [0, 0.05) is 36.0 Å². The number of hydrogen-bond donors (Lipinski definition) is 1. The highest BCUT2D eigenvalue weighted by molar-refractivity contribution is 6.35. The van der Waals surface area contributed by atoms with Crippen LogP contribution in [0.15, 0.2) is 30.8 Å². The summed E-state index contributed by atoms with van der Waals surface area (Å²) in [6.07, 6.45) is -2.10. The smallest absolute Gasteiger partial charge is 0.416 e. The highest BCUT2D eigenvalue weighted by Gasteiger charge is 2.33. The molecule has 0 atom stereocenters. The fraction of sp³-hybridized carbons (Fsp3) is 0.333. The second kappa shape index (κ2) is 10.2. The number of benzene rings is 2. The standard InChI is InChI=1S/C27H25ClF3N3O4/c1-4-18-19(25(37)33-9-7-16(8-10-33)12-22(35)36)5-6-21(28)23(18)26(38)34-24-14(2)11-17(27(29,30)31)13-20(24)15(3)32-34/h4-6,11,13,16H,1,7-10,12H2,2-3H3,(H,35,36). The van der Waals surface area contributed by atoms with Crippen LogP contribution in [-0.4, -0.2) is 50.7 Å². The van der Waals surface area contributed by atoms with Crippen LogP contribution in [0.25, 0.3) is 17.0 Å². The van der Waals surface area contributed by atoms with Crippen LogP contribution in [0.2, 0.25) is 5.02 Å². The summed E-state index contributed by atoms with van der Waals surface area (Å²) < 4.78 is 41.1. The molecule has 4 rings (SSSR count). The lowest BCUT2D eigenvalue weighted by Gasteiger charge is -2.32. The first-order valence-electron chi connectivity index (χ1n) is 11.9. The van der Waals surface area contributed by atoms with Crippen molar-refractivity contribution in [2.24, 2.45) is 5.92 Å². The number of aliphatic carboxylic acids is 1. The topological polar surface area (TPSA) is 92.5 Å². The number of halogens is 4. The number of alkyl halides is 3. The number of carbonyl (C=O) groups is 3. The Morgan fingerprint density at radius 3 is 2.39 bits per heavy atom. The molecule has 0 bridgehead atoms. The van der Waals surface area contributed by atoms with Gasteiger partial charge in [0.2, 0.25) is 0 Å². The molecular formula is C27H25ClF3N3O4. The number of piperidine rings is 1. The van der Waals surface area contributed by atoms with Gasteiger partial charge in [0.05, 0.1) is 27.4 Å². The summed E-state index contributed by atoms with van der Waals surface area (Å²) in [7, 11) is 0. The van der Waals surface area contributed by atoms with Gasteiger partial charge in [0.25, 0.3) is 11.8 Å². The number of nitrogens with zero attached hydrogens (tertiary/aromatic N) is 3. The Bertz CT molecular complexity index is 1470. The molecular weight excluding hydrogens is 523 g/mol. The van der Waals surface area contributed by atoms with Crippen LogP contribution in [-0.2, 0) is 11.0 Å². The summed E-state index contributed by atoms with van der Waals surface area (Å²) >= 11 is 6.43. The minimum Gasteiger partial charge on any atom is -0.481 e. The van der Waals surface area contributed by atoms with E-state index < -0.39 is 23.6 Å². The molecule has 0 unspecified atom stereocenters. The third-order valence-electron chi connectivity index (χ3n) is 6.88. The number of aromatic nitrogens is 2. The number of carboxylic acids is 1. The first-order chi connectivity index (χ1) is 17.8. The van der Waals surface area contributed by atoms with Crippen LogP contribution < -0.4 is 0 Å². The molecule has 1 aliphatic rings. The molecule has 38 heavy (non-hydrogen) atoms. The largest absolute Gasteiger partial charge is 0.481 e. The van der Waals surface area contributed by atoms with E-state index in [-0.39, 0.29) is 62.1 Å². The number of amides is 1. The van der Waals surface area contributed by atoms with Gasteiger partial charge in [-0.15, -0.1) is 0 Å². The van der Waals surface area contributed by atoms with Crippen molar-refractivity contribution in [1.82, 2.24) is 14.7 Å². The predicted octanol–water partition coefficient (Wildman–Crippen LogP) is 5.98. The van der Waals surface area contributed by atoms with E-state index in [0.29, 0.717) is 25.9 Å². The third-order valence-corrected chi connectivity index (χ3v) is 7.19. The first-order valence-corrected chi connectivity index (χ1v) is 12.3. The van der Waals surface area contributed by atoms with Crippen LogP contribution in [0.5, 0.6) is 0 Å². The van der Waals surface area contributed by atoms with Crippen molar-refractivity contribution in [3.05, 3.63) is 69.4 Å². The molecule has 7 nitrogen and oxygen atoms in total. The van der Waals surface area contributed by atoms with Crippen LogP contribution in [0.3, 0.4) is 0 Å². The van der Waals surface area contributed by atoms with Crippen molar-refractivity contribution in [3.8, 4) is 0 Å². The van der Waals surface area contributed by atoms with E-state index >= 15 is 0 Å². The van der Waals surface area contributed by atoms with Crippen LogP contribution in [0, 0.1) is 19.8 Å². The maximum absolute atomic E-state index is 13.8. The molecule has 1 saturated heterocycles. The van der Waals surface area contributed by atoms with Gasteiger partial charge in [0.1, 0.15) is 0 Å². The molecule has 3 aromatic rings. The van der Waals surface area contributed by atoms with Crippen molar-refractivity contribution in [3.63, 3.8) is 0 Å². The highest BCUT2D eigenvalue weighted by Crippen LogP contribution is 2.35. The summed E-state index contributed by atoms with van der Waals surface area (Å²) in [6, 6.07) is 4.82. The number of fused-ring (bicyclic) bond motifs is 1. The number of aryl methyl sites for hydroxylation is 2. The summed E-state index contributed by atoms with van der Waals surface area (Å²) in [4.78, 5) is 39.8. The second-order valence-electron chi connectivity index (χ2n) is 9.41. The first kappa shape index (κ1) is 27.4. The van der Waals surface area contributed by atoms with E-state index in [9.17, 15) is 27.6 Å². The summed E-state index contributed by atoms with van der Waals surface area (Å²) in [6.45, 7) is 7.47. The van der Waals surface area contributed by atoms with Crippen LogP contribution in [0.4, 0.5) is 13.2 Å². The lowest BCUT2D eigenvalue weighted by atomic mass is 9.92. The molecule has 1 fully saturated rings. The molecule has 1 N–H and O–H groups in total. The van der Waals surface area contributed by atoms with E-state index in [4.69, 9.17) is 16.7 Å². The van der Waals surface area contributed by atoms with E-state index in [1.54, 1.807) is 4.90 Å². The second-order valence-corrected chi connectivity index (χ2v) is 9.82. The lowest BCUT2D eigenvalue weighted by molar-refractivity contribution is -0.139. The number of hydrogen-bond acceptors (Lipinski definition) is 4. The van der Waals surface area contributed by atoms with Gasteiger partial charge in [-0.3, -0.25) is 14.4 Å². The van der Waals surface area contributed by atoms with Gasteiger partial charge in [-0.1, -0.05) is 24.3 Å². The van der Waals surface area contributed by atoms with Crippen molar-refractivity contribution >= 4 is 46.4 Å². The third kappa shape index (κ3) is 5.05. The van der Waals surface area contributed by atoms with E-state index in [1.807, 2.05) is 0 Å². The maximum atomic E-state index is 13.8. The van der Waals surface area contributed by atoms with Gasteiger partial charge in [-0.05, 0) is 62.4 Å². The minimum atomic E-state index is -4.56. The lowest BCUT2D eigenvalue weighted by Crippen LogP contribution is -2.39. The molecule has 0 saturated carbocycles. The van der Waals surface area contributed by atoms with E-state index in [0.717, 1.165) is 16.8 Å². The van der Waals surface area contributed by atoms with Crippen molar-refractivity contribution in [1.29, 1.82) is 0 Å². The van der Waals surface area contributed by atoms with Crippen molar-refractivity contribution < 1.29 is 32.7 Å². The van der Waals surface area contributed by atoms with Gasteiger partial charge in [-0.2, -0.15) is 23.0 Å². The Morgan fingerprint density at radius 2 is 1.82 bits per heavy atom. The molecule has 0 spiro atoms. The zero-order valence-corrected chi connectivity index (χ0v) is 21.5. The number of carboxylic acid groups (broad SMARTS) is 1. The van der Waals surface area contributed by atoms with Gasteiger partial charge in [0.15, 0.2) is 0 Å². The maximum Gasteiger partial charge on any atom is 0.416 e. The Morgan fingerprint density at radius 1 is 1.16 bits per heavy atom. The minimum absolute atomic E-state index is 0.0183. The summed E-state index contributed by atoms with van der Waals surface area (Å²) in [5, 5.41) is 13.5. The molecule has 200 valence electrons. The zero-order valence-electron chi connectivity index (χ0n) is 20.7. The monoisotopic (exact) mass is 547 g/mol. The summed E-state index contributed by atoms with van der Waals surface area (Å²) in [5.74, 6) is -1.96. The highest BCUT2D eigenvalue weighted by atomic mass is 35.5. The van der Waals surface area contributed by atoms with Crippen LogP contribution >= 0.6 is 11.6 Å². The SMILES string of the molecule is C=Cc1c(C(=O)N2CCC(CC(=O)O)CC2)ccc(Cl)c1C(=O)n1nc(C)c2cc(C(F)(F)F)cc(C)c21. The average molecular weight is 548 g/mol. The van der Waals surface area contributed by atoms with Crippen molar-refractivity contribution in [2.45, 2.75) is 39.3 Å². The Hall–Kier alpha value is -3.66. The fourth-order valence-electron chi connectivity index (χ4n) is 4.97. The Labute approximate surface area is 221 Å². The molecule has 2 heterocycles. The van der Waals surface area contributed by atoms with Gasteiger partial charge >= 0.3 is 12.1 Å². The number of likely N-dealkylation sites (tertiary alicyclic amines) is 1. The fourth-order valence-corrected chi connectivity index (χ4v) is 5.22. The molecule has 0 aliphatic carbocycles. The average Bonchev–Trinajstić information content (AvgIpc) is 3.19. The molecule has 1 amide bonds. The van der Waals surface area contributed by atoms with E-state index in [2.05, 4.69) is 11.7 Å². The molecule has 2 aromatic carbocycles. The van der Waals surface area contributed by atoms with Gasteiger partial charge in [-0.25, -0.2) is 0 Å². The zero-order chi connectivity index (χ0) is 27.9.